The van der Waals surface area contributed by atoms with E-state index in [1.54, 1.807) is 0 Å². The molecule has 2 heterocycles. The zero-order valence-corrected chi connectivity index (χ0v) is 11.5. The van der Waals surface area contributed by atoms with Crippen LogP contribution in [0.3, 0.4) is 0 Å². The van der Waals surface area contributed by atoms with Crippen LogP contribution in [0.15, 0.2) is 6.20 Å². The van der Waals surface area contributed by atoms with Crippen molar-refractivity contribution in [3.05, 3.63) is 17.5 Å². The molecule has 1 unspecified atom stereocenters. The number of nitrogens with one attached hydrogen (secondary N) is 2. The fourth-order valence-electron chi connectivity index (χ4n) is 3.23. The van der Waals surface area contributed by atoms with Gasteiger partial charge in [-0.1, -0.05) is 0 Å². The van der Waals surface area contributed by atoms with Gasteiger partial charge in [0.15, 0.2) is 0 Å². The molecule has 1 amide bonds. The second-order valence-corrected chi connectivity index (χ2v) is 5.65. The van der Waals surface area contributed by atoms with Crippen molar-refractivity contribution in [3.63, 3.8) is 0 Å². The molecule has 1 atom stereocenters. The monoisotopic (exact) mass is 262 g/mol. The summed E-state index contributed by atoms with van der Waals surface area (Å²) in [4.78, 5) is 12.3. The van der Waals surface area contributed by atoms with Gasteiger partial charge < -0.3 is 10.6 Å². The zero-order chi connectivity index (χ0) is 13.2. The van der Waals surface area contributed by atoms with Crippen molar-refractivity contribution in [2.75, 3.05) is 13.1 Å². The summed E-state index contributed by atoms with van der Waals surface area (Å²) < 4.78 is 1.94. The average Bonchev–Trinajstić information content (AvgIpc) is 2.83. The van der Waals surface area contributed by atoms with Gasteiger partial charge >= 0.3 is 0 Å². The maximum atomic E-state index is 12.3. The maximum Gasteiger partial charge on any atom is 0.223 e. The Bertz CT molecular complexity index is 462. The van der Waals surface area contributed by atoms with E-state index in [9.17, 15) is 4.79 Å². The van der Waals surface area contributed by atoms with Crippen LogP contribution in [-0.4, -0.2) is 28.8 Å². The summed E-state index contributed by atoms with van der Waals surface area (Å²) in [5, 5.41) is 10.9. The zero-order valence-electron chi connectivity index (χ0n) is 11.5. The Morgan fingerprint density at radius 2 is 2.21 bits per heavy atom. The van der Waals surface area contributed by atoms with Crippen LogP contribution in [-0.2, 0) is 18.3 Å². The van der Waals surface area contributed by atoms with Gasteiger partial charge in [-0.3, -0.25) is 9.48 Å². The van der Waals surface area contributed by atoms with Crippen LogP contribution < -0.4 is 10.6 Å². The Hall–Kier alpha value is -1.36. The Labute approximate surface area is 113 Å². The van der Waals surface area contributed by atoms with Gasteiger partial charge in [0.2, 0.25) is 5.91 Å². The molecule has 0 spiro atoms. The average molecular weight is 262 g/mol. The van der Waals surface area contributed by atoms with Crippen LogP contribution in [0.1, 0.15) is 43.0 Å². The molecule has 1 aliphatic heterocycles. The lowest BCUT2D eigenvalue weighted by Gasteiger charge is -2.27. The number of piperidine rings is 1. The number of rotatable bonds is 2. The van der Waals surface area contributed by atoms with E-state index in [2.05, 4.69) is 15.7 Å². The molecule has 1 aromatic rings. The summed E-state index contributed by atoms with van der Waals surface area (Å²) in [5.74, 6) is 0.409. The first-order valence-corrected chi connectivity index (χ1v) is 7.27. The molecule has 104 valence electrons. The molecule has 1 aromatic heterocycles. The van der Waals surface area contributed by atoms with Crippen molar-refractivity contribution >= 4 is 5.91 Å². The van der Waals surface area contributed by atoms with Crippen molar-refractivity contribution in [2.24, 2.45) is 13.0 Å². The van der Waals surface area contributed by atoms with E-state index in [4.69, 9.17) is 0 Å². The van der Waals surface area contributed by atoms with Crippen molar-refractivity contribution in [1.29, 1.82) is 0 Å². The quantitative estimate of drug-likeness (QED) is 0.833. The highest BCUT2D eigenvalue weighted by atomic mass is 16.1. The van der Waals surface area contributed by atoms with Gasteiger partial charge in [-0.05, 0) is 45.2 Å². The van der Waals surface area contributed by atoms with E-state index < -0.39 is 0 Å². The summed E-state index contributed by atoms with van der Waals surface area (Å²) in [6.07, 6.45) is 7.07. The number of carbonyl (C=O) groups excluding carboxylic acids is 1. The molecule has 19 heavy (non-hydrogen) atoms. The Morgan fingerprint density at radius 3 is 3.00 bits per heavy atom. The van der Waals surface area contributed by atoms with Crippen molar-refractivity contribution in [1.82, 2.24) is 20.4 Å². The minimum atomic E-state index is 0.167. The molecule has 5 heteroatoms. The number of hydrogen-bond donors (Lipinski definition) is 2. The van der Waals surface area contributed by atoms with Crippen LogP contribution in [0.2, 0.25) is 0 Å². The van der Waals surface area contributed by atoms with Gasteiger partial charge in [0.1, 0.15) is 0 Å². The number of fused-ring (bicyclic) bond motifs is 1. The van der Waals surface area contributed by atoms with Gasteiger partial charge in [-0.15, -0.1) is 0 Å². The molecule has 0 radical (unpaired) electrons. The Kier molecular flexibility index (Phi) is 3.55. The van der Waals surface area contributed by atoms with E-state index >= 15 is 0 Å². The molecule has 5 nitrogen and oxygen atoms in total. The van der Waals surface area contributed by atoms with Gasteiger partial charge in [-0.25, -0.2) is 0 Å². The number of aromatic nitrogens is 2. The third-order valence-corrected chi connectivity index (χ3v) is 4.40. The van der Waals surface area contributed by atoms with Gasteiger partial charge in [-0.2, -0.15) is 5.10 Å². The predicted molar refractivity (Wildman–Crippen MR) is 72.6 cm³/mol. The van der Waals surface area contributed by atoms with Gasteiger partial charge in [0.25, 0.3) is 0 Å². The topological polar surface area (TPSA) is 59.0 Å². The molecule has 0 aromatic carbocycles. The molecule has 2 N–H and O–H groups in total. The third kappa shape index (κ3) is 2.52. The second kappa shape index (κ2) is 5.33. The van der Waals surface area contributed by atoms with Crippen LogP contribution in [0.5, 0.6) is 0 Å². The smallest absolute Gasteiger partial charge is 0.223 e. The van der Waals surface area contributed by atoms with Crippen LogP contribution in [0.4, 0.5) is 0 Å². The van der Waals surface area contributed by atoms with E-state index in [1.165, 1.54) is 11.3 Å². The van der Waals surface area contributed by atoms with E-state index in [0.717, 1.165) is 45.2 Å². The number of nitrogens with zero attached hydrogens (tertiary/aromatic N) is 2. The molecular weight excluding hydrogens is 240 g/mol. The van der Waals surface area contributed by atoms with Crippen LogP contribution in [0, 0.1) is 5.92 Å². The first-order valence-electron chi connectivity index (χ1n) is 7.27. The molecule has 0 saturated carbocycles. The minimum absolute atomic E-state index is 0.167. The van der Waals surface area contributed by atoms with Crippen LogP contribution >= 0.6 is 0 Å². The molecule has 0 bridgehead atoms. The lowest BCUT2D eigenvalue weighted by molar-refractivity contribution is -0.126. The number of amides is 1. The molecule has 2 aliphatic rings. The summed E-state index contributed by atoms with van der Waals surface area (Å²) in [5.41, 5.74) is 2.50. The number of hydrogen-bond acceptors (Lipinski definition) is 3. The Morgan fingerprint density at radius 1 is 1.42 bits per heavy atom. The highest BCUT2D eigenvalue weighted by Crippen LogP contribution is 2.29. The minimum Gasteiger partial charge on any atom is -0.349 e. The fraction of sp³-hybridized carbons (Fsp3) is 0.714. The third-order valence-electron chi connectivity index (χ3n) is 4.40. The lowest BCUT2D eigenvalue weighted by Crippen LogP contribution is -2.40. The molecule has 1 saturated heterocycles. The van der Waals surface area contributed by atoms with Gasteiger partial charge in [0.05, 0.1) is 12.2 Å². The van der Waals surface area contributed by atoms with E-state index in [-0.39, 0.29) is 17.9 Å². The number of carbonyl (C=O) groups is 1. The maximum absolute atomic E-state index is 12.3. The summed E-state index contributed by atoms with van der Waals surface area (Å²) in [7, 11) is 1.98. The van der Waals surface area contributed by atoms with E-state index in [0.29, 0.717) is 0 Å². The largest absolute Gasteiger partial charge is 0.349 e. The standard InChI is InChI=1S/C14H22N4O/c1-18-13-4-2-3-12(11(13)9-16-18)17-14(19)10-5-7-15-8-6-10/h9-10,12,15H,2-8H2,1H3,(H,17,19). The van der Waals surface area contributed by atoms with Crippen molar-refractivity contribution in [3.8, 4) is 0 Å². The van der Waals surface area contributed by atoms with Gasteiger partial charge in [0, 0.05) is 24.2 Å². The second-order valence-electron chi connectivity index (χ2n) is 5.65. The van der Waals surface area contributed by atoms with Crippen LogP contribution in [0.25, 0.3) is 0 Å². The van der Waals surface area contributed by atoms with Crippen molar-refractivity contribution in [2.45, 2.75) is 38.1 Å². The summed E-state index contributed by atoms with van der Waals surface area (Å²) in [6.45, 7) is 1.92. The highest BCUT2D eigenvalue weighted by molar-refractivity contribution is 5.79. The van der Waals surface area contributed by atoms with Crippen molar-refractivity contribution < 1.29 is 4.79 Å². The highest BCUT2D eigenvalue weighted by Gasteiger charge is 2.28. The summed E-state index contributed by atoms with van der Waals surface area (Å²) >= 11 is 0. The molecule has 1 aliphatic carbocycles. The Balaban J connectivity index is 1.68. The lowest BCUT2D eigenvalue weighted by atomic mass is 9.91. The molecule has 1 fully saturated rings. The predicted octanol–water partition coefficient (Wildman–Crippen LogP) is 0.913. The first kappa shape index (κ1) is 12.7. The normalized spacial score (nSPS) is 23.9. The van der Waals surface area contributed by atoms with E-state index in [1.807, 2.05) is 17.9 Å². The fourth-order valence-corrected chi connectivity index (χ4v) is 3.23. The SMILES string of the molecule is Cn1ncc2c1CCCC2NC(=O)C1CCNCC1. The summed E-state index contributed by atoms with van der Waals surface area (Å²) in [6, 6.07) is 0.167. The first-order chi connectivity index (χ1) is 9.25. The molecule has 3 rings (SSSR count). The number of aryl methyl sites for hydroxylation is 1. The molecular formula is C14H22N4O.